The molecule has 6 heteroatoms. The number of ether oxygens (including phenoxy) is 1. The van der Waals surface area contributed by atoms with Crippen molar-refractivity contribution in [2.24, 2.45) is 0 Å². The summed E-state index contributed by atoms with van der Waals surface area (Å²) in [4.78, 5) is 26.0. The molecule has 0 bridgehead atoms. The summed E-state index contributed by atoms with van der Waals surface area (Å²) in [6.45, 7) is 2.26. The van der Waals surface area contributed by atoms with E-state index in [0.29, 0.717) is 11.4 Å². The van der Waals surface area contributed by atoms with Crippen LogP contribution in [0.3, 0.4) is 0 Å². The highest BCUT2D eigenvalue weighted by atomic mass is 32.1. The van der Waals surface area contributed by atoms with Crippen LogP contribution in [0.25, 0.3) is 5.69 Å². The predicted molar refractivity (Wildman–Crippen MR) is 77.2 cm³/mol. The van der Waals surface area contributed by atoms with E-state index in [4.69, 9.17) is 0 Å². The molecule has 0 unspecified atom stereocenters. The van der Waals surface area contributed by atoms with Crippen molar-refractivity contribution >= 4 is 23.2 Å². The zero-order valence-electron chi connectivity index (χ0n) is 11.4. The van der Waals surface area contributed by atoms with Crippen LogP contribution in [0.2, 0.25) is 0 Å². The first-order valence-corrected chi connectivity index (χ1v) is 7.12. The van der Waals surface area contributed by atoms with Gasteiger partial charge in [0.1, 0.15) is 11.4 Å². The third-order valence-corrected chi connectivity index (χ3v) is 3.83. The number of carbonyl (C=O) groups is 2. The topological polar surface area (TPSA) is 51.5 Å². The van der Waals surface area contributed by atoms with E-state index in [1.54, 1.807) is 0 Å². The van der Waals surface area contributed by atoms with Gasteiger partial charge in [-0.25, -0.2) is 0 Å². The molecule has 2 aromatic rings. The minimum atomic E-state index is -0.417. The Bertz CT molecular complexity index is 589. The number of esters is 1. The minimum Gasteiger partial charge on any atom is -0.468 e. The number of nitrogens with zero attached hydrogens (tertiary/aromatic N) is 2. The molecule has 1 amide bonds. The molecule has 2 rings (SSSR count). The largest absolute Gasteiger partial charge is 0.468 e. The van der Waals surface area contributed by atoms with Crippen LogP contribution in [0.4, 0.5) is 0 Å². The molecule has 0 spiro atoms. The van der Waals surface area contributed by atoms with Gasteiger partial charge in [0.2, 0.25) is 0 Å². The Labute approximate surface area is 121 Å². The fraction of sp³-hybridized carbons (Fsp3) is 0.286. The molecule has 2 aromatic heterocycles. The lowest BCUT2D eigenvalue weighted by Gasteiger charge is -2.19. The van der Waals surface area contributed by atoms with Crippen molar-refractivity contribution in [3.63, 3.8) is 0 Å². The molecule has 0 aliphatic rings. The summed E-state index contributed by atoms with van der Waals surface area (Å²) in [5.74, 6) is -0.573. The molecule has 0 saturated heterocycles. The molecule has 0 N–H and O–H groups in total. The fourth-order valence-corrected chi connectivity index (χ4v) is 2.71. The molecule has 0 radical (unpaired) electrons. The molecule has 106 valence electrons. The summed E-state index contributed by atoms with van der Waals surface area (Å²) in [5.41, 5.74) is 0.827. The lowest BCUT2D eigenvalue weighted by molar-refractivity contribution is -0.141. The Morgan fingerprint density at radius 3 is 2.65 bits per heavy atom. The van der Waals surface area contributed by atoms with Crippen LogP contribution in [0, 0.1) is 0 Å². The molecule has 0 atom stereocenters. The van der Waals surface area contributed by atoms with Crippen molar-refractivity contribution < 1.29 is 14.3 Å². The third-order valence-electron chi connectivity index (χ3n) is 2.94. The van der Waals surface area contributed by atoms with Crippen molar-refractivity contribution in [1.82, 2.24) is 9.47 Å². The van der Waals surface area contributed by atoms with E-state index >= 15 is 0 Å². The average Bonchev–Trinajstić information content (AvgIpc) is 3.12. The standard InChI is InChI=1S/C14H16N2O3S/c1-3-15(10-12(17)19-2)14(18)13-11(6-9-20-13)16-7-4-5-8-16/h4-9H,3,10H2,1-2H3. The van der Waals surface area contributed by atoms with E-state index in [9.17, 15) is 9.59 Å². The Morgan fingerprint density at radius 1 is 1.35 bits per heavy atom. The first-order valence-electron chi connectivity index (χ1n) is 6.24. The summed E-state index contributed by atoms with van der Waals surface area (Å²) >= 11 is 1.37. The zero-order chi connectivity index (χ0) is 14.5. The number of rotatable bonds is 5. The van der Waals surface area contributed by atoms with Crippen molar-refractivity contribution in [2.45, 2.75) is 6.92 Å². The quantitative estimate of drug-likeness (QED) is 0.794. The van der Waals surface area contributed by atoms with Crippen LogP contribution >= 0.6 is 11.3 Å². The van der Waals surface area contributed by atoms with Gasteiger partial charge < -0.3 is 14.2 Å². The minimum absolute atomic E-state index is 0.0329. The van der Waals surface area contributed by atoms with Crippen LogP contribution in [-0.2, 0) is 9.53 Å². The lowest BCUT2D eigenvalue weighted by atomic mass is 10.3. The summed E-state index contributed by atoms with van der Waals surface area (Å²) in [7, 11) is 1.32. The predicted octanol–water partition coefficient (Wildman–Crippen LogP) is 2.17. The molecule has 2 heterocycles. The first-order chi connectivity index (χ1) is 9.67. The molecular weight excluding hydrogens is 276 g/mol. The van der Waals surface area contributed by atoms with Crippen LogP contribution < -0.4 is 0 Å². The second-order valence-corrected chi connectivity index (χ2v) is 5.04. The summed E-state index contributed by atoms with van der Waals surface area (Å²) in [5, 5.41) is 1.87. The smallest absolute Gasteiger partial charge is 0.325 e. The van der Waals surface area contributed by atoms with E-state index in [2.05, 4.69) is 4.74 Å². The number of hydrogen-bond acceptors (Lipinski definition) is 4. The maximum atomic E-state index is 12.5. The fourth-order valence-electron chi connectivity index (χ4n) is 1.85. The van der Waals surface area contributed by atoms with Crippen LogP contribution in [0.5, 0.6) is 0 Å². The molecule has 0 saturated carbocycles. The highest BCUT2D eigenvalue weighted by molar-refractivity contribution is 7.12. The lowest BCUT2D eigenvalue weighted by Crippen LogP contribution is -2.36. The number of amides is 1. The van der Waals surface area contributed by atoms with Crippen molar-refractivity contribution in [3.05, 3.63) is 40.8 Å². The highest BCUT2D eigenvalue weighted by Gasteiger charge is 2.22. The summed E-state index contributed by atoms with van der Waals surface area (Å²) in [6, 6.07) is 5.69. The number of likely N-dealkylation sites (N-methyl/N-ethyl adjacent to an activating group) is 1. The first kappa shape index (κ1) is 14.3. The Balaban J connectivity index is 2.25. The molecule has 20 heavy (non-hydrogen) atoms. The van der Waals surface area contributed by atoms with Gasteiger partial charge in [0.05, 0.1) is 12.8 Å². The number of thiophene rings is 1. The van der Waals surface area contributed by atoms with Crippen molar-refractivity contribution in [1.29, 1.82) is 0 Å². The van der Waals surface area contributed by atoms with Crippen molar-refractivity contribution in [2.75, 3.05) is 20.2 Å². The van der Waals surface area contributed by atoms with E-state index in [0.717, 1.165) is 5.69 Å². The molecular formula is C14H16N2O3S. The van der Waals surface area contributed by atoms with Gasteiger partial charge in [0.25, 0.3) is 5.91 Å². The second kappa shape index (κ2) is 6.38. The maximum absolute atomic E-state index is 12.5. The van der Waals surface area contributed by atoms with Gasteiger partial charge in [-0.3, -0.25) is 9.59 Å². The number of hydrogen-bond donors (Lipinski definition) is 0. The SMILES string of the molecule is CCN(CC(=O)OC)C(=O)c1sccc1-n1cccc1. The Kier molecular flexibility index (Phi) is 4.57. The third kappa shape index (κ3) is 2.91. The molecule has 0 aliphatic heterocycles. The van der Waals surface area contributed by atoms with E-state index in [1.165, 1.54) is 23.3 Å². The van der Waals surface area contributed by atoms with Crippen molar-refractivity contribution in [3.8, 4) is 5.69 Å². The number of carbonyl (C=O) groups excluding carboxylic acids is 2. The molecule has 5 nitrogen and oxygen atoms in total. The van der Waals surface area contributed by atoms with Crippen LogP contribution in [-0.4, -0.2) is 41.5 Å². The van der Waals surface area contributed by atoms with Crippen LogP contribution in [0.1, 0.15) is 16.6 Å². The molecule has 0 fully saturated rings. The Morgan fingerprint density at radius 2 is 2.05 bits per heavy atom. The van der Waals surface area contributed by atoms with E-state index in [-0.39, 0.29) is 12.5 Å². The zero-order valence-corrected chi connectivity index (χ0v) is 12.2. The van der Waals surface area contributed by atoms with Gasteiger partial charge in [0, 0.05) is 18.9 Å². The maximum Gasteiger partial charge on any atom is 0.325 e. The normalized spacial score (nSPS) is 10.3. The molecule has 0 aromatic carbocycles. The van der Waals surface area contributed by atoms with E-state index < -0.39 is 5.97 Å². The van der Waals surface area contributed by atoms with Gasteiger partial charge >= 0.3 is 5.97 Å². The van der Waals surface area contributed by atoms with Gasteiger partial charge in [-0.05, 0) is 30.5 Å². The van der Waals surface area contributed by atoms with Gasteiger partial charge in [0.15, 0.2) is 0 Å². The number of methoxy groups -OCH3 is 1. The monoisotopic (exact) mass is 292 g/mol. The average molecular weight is 292 g/mol. The van der Waals surface area contributed by atoms with Crippen LogP contribution in [0.15, 0.2) is 36.0 Å². The summed E-state index contributed by atoms with van der Waals surface area (Å²) < 4.78 is 6.50. The summed E-state index contributed by atoms with van der Waals surface area (Å²) in [6.07, 6.45) is 3.77. The Hall–Kier alpha value is -2.08. The van der Waals surface area contributed by atoms with Gasteiger partial charge in [-0.1, -0.05) is 0 Å². The second-order valence-electron chi connectivity index (χ2n) is 4.12. The highest BCUT2D eigenvalue weighted by Crippen LogP contribution is 2.23. The van der Waals surface area contributed by atoms with E-state index in [1.807, 2.05) is 47.5 Å². The van der Waals surface area contributed by atoms with Gasteiger partial charge in [-0.2, -0.15) is 0 Å². The molecule has 0 aliphatic carbocycles. The number of aromatic nitrogens is 1. The van der Waals surface area contributed by atoms with Gasteiger partial charge in [-0.15, -0.1) is 11.3 Å².